The molecule has 2 aromatic carbocycles. The number of carbonyl (C=O) groups is 2. The van der Waals surface area contributed by atoms with E-state index in [1.54, 1.807) is 30.3 Å². The van der Waals surface area contributed by atoms with Gasteiger partial charge in [-0.2, -0.15) is 0 Å². The van der Waals surface area contributed by atoms with E-state index in [0.717, 1.165) is 12.0 Å². The Balaban J connectivity index is 2.29. The van der Waals surface area contributed by atoms with E-state index in [4.69, 9.17) is 4.74 Å². The fourth-order valence-electron chi connectivity index (χ4n) is 2.17. The Bertz CT molecular complexity index is 707. The number of hydrogen-bond acceptors (Lipinski definition) is 3. The zero-order valence-electron chi connectivity index (χ0n) is 13.0. The molecular formula is C18H19NO3. The molecule has 0 heterocycles. The number of amides is 1. The third kappa shape index (κ3) is 3.52. The van der Waals surface area contributed by atoms with Crippen LogP contribution in [0.2, 0.25) is 0 Å². The molecule has 0 aliphatic rings. The van der Waals surface area contributed by atoms with Gasteiger partial charge in [0, 0.05) is 11.3 Å². The third-order valence-electron chi connectivity index (χ3n) is 3.44. The van der Waals surface area contributed by atoms with Crippen molar-refractivity contribution >= 4 is 17.4 Å². The molecule has 0 aliphatic heterocycles. The second kappa shape index (κ2) is 6.89. The van der Waals surface area contributed by atoms with Crippen LogP contribution in [0.25, 0.3) is 0 Å². The van der Waals surface area contributed by atoms with Gasteiger partial charge in [0.1, 0.15) is 5.75 Å². The number of aryl methyl sites for hydroxylation is 1. The van der Waals surface area contributed by atoms with E-state index in [1.807, 2.05) is 19.1 Å². The van der Waals surface area contributed by atoms with Crippen molar-refractivity contribution in [3.05, 3.63) is 59.2 Å². The van der Waals surface area contributed by atoms with Crippen molar-refractivity contribution in [1.82, 2.24) is 0 Å². The first-order valence-electron chi connectivity index (χ1n) is 7.14. The number of carbonyl (C=O) groups excluding carboxylic acids is 2. The Morgan fingerprint density at radius 2 is 1.91 bits per heavy atom. The SMILES string of the molecule is CCc1ccc(OC)c(C(=O)Nc2cccc(C(C)=O)c2)c1. The van der Waals surface area contributed by atoms with Gasteiger partial charge in [-0.1, -0.05) is 25.1 Å². The molecule has 0 aliphatic carbocycles. The number of methoxy groups -OCH3 is 1. The first-order valence-corrected chi connectivity index (χ1v) is 7.14. The van der Waals surface area contributed by atoms with E-state index in [0.29, 0.717) is 22.6 Å². The number of hydrogen-bond donors (Lipinski definition) is 1. The van der Waals surface area contributed by atoms with Crippen LogP contribution in [0, 0.1) is 0 Å². The van der Waals surface area contributed by atoms with Crippen LogP contribution in [-0.2, 0) is 6.42 Å². The van der Waals surface area contributed by atoms with Crippen LogP contribution in [0.15, 0.2) is 42.5 Å². The molecule has 0 unspecified atom stereocenters. The maximum atomic E-state index is 12.5. The molecule has 2 rings (SSSR count). The molecule has 0 spiro atoms. The van der Waals surface area contributed by atoms with Crippen molar-refractivity contribution in [1.29, 1.82) is 0 Å². The Kier molecular flexibility index (Phi) is 4.94. The Labute approximate surface area is 130 Å². The monoisotopic (exact) mass is 297 g/mol. The highest BCUT2D eigenvalue weighted by Gasteiger charge is 2.13. The number of ether oxygens (including phenoxy) is 1. The molecular weight excluding hydrogens is 278 g/mol. The van der Waals surface area contributed by atoms with E-state index in [1.165, 1.54) is 14.0 Å². The van der Waals surface area contributed by atoms with Gasteiger partial charge < -0.3 is 10.1 Å². The smallest absolute Gasteiger partial charge is 0.259 e. The zero-order chi connectivity index (χ0) is 16.1. The maximum absolute atomic E-state index is 12.5. The lowest BCUT2D eigenvalue weighted by Gasteiger charge is -2.11. The van der Waals surface area contributed by atoms with Gasteiger partial charge >= 0.3 is 0 Å². The third-order valence-corrected chi connectivity index (χ3v) is 3.44. The van der Waals surface area contributed by atoms with E-state index >= 15 is 0 Å². The normalized spacial score (nSPS) is 10.1. The first kappa shape index (κ1) is 15.8. The largest absolute Gasteiger partial charge is 0.496 e. The predicted octanol–water partition coefficient (Wildman–Crippen LogP) is 3.71. The molecule has 0 fully saturated rings. The highest BCUT2D eigenvalue weighted by Crippen LogP contribution is 2.22. The molecule has 0 saturated heterocycles. The second-order valence-corrected chi connectivity index (χ2v) is 4.98. The van der Waals surface area contributed by atoms with Gasteiger partial charge in [-0.15, -0.1) is 0 Å². The summed E-state index contributed by atoms with van der Waals surface area (Å²) in [5.41, 5.74) is 2.69. The topological polar surface area (TPSA) is 55.4 Å². The predicted molar refractivity (Wildman–Crippen MR) is 86.8 cm³/mol. The number of nitrogens with one attached hydrogen (secondary N) is 1. The van der Waals surface area contributed by atoms with Crippen LogP contribution < -0.4 is 10.1 Å². The van der Waals surface area contributed by atoms with Crippen LogP contribution >= 0.6 is 0 Å². The molecule has 1 N–H and O–H groups in total. The van der Waals surface area contributed by atoms with Gasteiger partial charge in [0.25, 0.3) is 5.91 Å². The van der Waals surface area contributed by atoms with E-state index < -0.39 is 0 Å². The van der Waals surface area contributed by atoms with Crippen LogP contribution in [0.1, 0.15) is 40.1 Å². The lowest BCUT2D eigenvalue weighted by Crippen LogP contribution is -2.14. The molecule has 0 saturated carbocycles. The lowest BCUT2D eigenvalue weighted by molar-refractivity contribution is 0.101. The lowest BCUT2D eigenvalue weighted by atomic mass is 10.1. The van der Waals surface area contributed by atoms with Gasteiger partial charge in [0.05, 0.1) is 12.7 Å². The van der Waals surface area contributed by atoms with Crippen LogP contribution in [0.3, 0.4) is 0 Å². The van der Waals surface area contributed by atoms with Crippen molar-refractivity contribution in [2.45, 2.75) is 20.3 Å². The van der Waals surface area contributed by atoms with Gasteiger partial charge in [-0.25, -0.2) is 0 Å². The summed E-state index contributed by atoms with van der Waals surface area (Å²) >= 11 is 0. The number of ketones is 1. The summed E-state index contributed by atoms with van der Waals surface area (Å²) < 4.78 is 5.25. The molecule has 0 bridgehead atoms. The van der Waals surface area contributed by atoms with Crippen molar-refractivity contribution in [3.63, 3.8) is 0 Å². The molecule has 0 atom stereocenters. The minimum absolute atomic E-state index is 0.0401. The van der Waals surface area contributed by atoms with Crippen molar-refractivity contribution in [3.8, 4) is 5.75 Å². The molecule has 4 heteroatoms. The molecule has 2 aromatic rings. The van der Waals surface area contributed by atoms with Crippen LogP contribution in [0.4, 0.5) is 5.69 Å². The molecule has 114 valence electrons. The van der Waals surface area contributed by atoms with Gasteiger partial charge in [-0.3, -0.25) is 9.59 Å². The van der Waals surface area contributed by atoms with Crippen LogP contribution in [-0.4, -0.2) is 18.8 Å². The van der Waals surface area contributed by atoms with E-state index in [9.17, 15) is 9.59 Å². The highest BCUT2D eigenvalue weighted by molar-refractivity contribution is 6.07. The number of rotatable bonds is 5. The summed E-state index contributed by atoms with van der Waals surface area (Å²) in [6, 6.07) is 12.4. The summed E-state index contributed by atoms with van der Waals surface area (Å²) in [6.07, 6.45) is 0.837. The minimum Gasteiger partial charge on any atom is -0.496 e. The first-order chi connectivity index (χ1) is 10.5. The van der Waals surface area contributed by atoms with Crippen LogP contribution in [0.5, 0.6) is 5.75 Å². The number of anilines is 1. The maximum Gasteiger partial charge on any atom is 0.259 e. The summed E-state index contributed by atoms with van der Waals surface area (Å²) in [7, 11) is 1.54. The summed E-state index contributed by atoms with van der Waals surface area (Å²) in [5.74, 6) is 0.229. The van der Waals surface area contributed by atoms with E-state index in [2.05, 4.69) is 5.32 Å². The number of Topliss-reactive ketones (excluding diaryl/α,β-unsaturated/α-hetero) is 1. The molecule has 0 radical (unpaired) electrons. The Hall–Kier alpha value is -2.62. The summed E-state index contributed by atoms with van der Waals surface area (Å²) in [6.45, 7) is 3.52. The molecule has 1 amide bonds. The quantitative estimate of drug-likeness (QED) is 0.856. The molecule has 4 nitrogen and oxygen atoms in total. The van der Waals surface area contributed by atoms with Gasteiger partial charge in [0.15, 0.2) is 5.78 Å². The van der Waals surface area contributed by atoms with Gasteiger partial charge in [0.2, 0.25) is 0 Å². The summed E-state index contributed by atoms with van der Waals surface area (Å²) in [4.78, 5) is 23.9. The average molecular weight is 297 g/mol. The highest BCUT2D eigenvalue weighted by atomic mass is 16.5. The number of benzene rings is 2. The fraction of sp³-hybridized carbons (Fsp3) is 0.222. The fourth-order valence-corrected chi connectivity index (χ4v) is 2.17. The van der Waals surface area contributed by atoms with Crippen molar-refractivity contribution < 1.29 is 14.3 Å². The molecule has 0 aromatic heterocycles. The Morgan fingerprint density at radius 3 is 2.55 bits per heavy atom. The van der Waals surface area contributed by atoms with Gasteiger partial charge in [-0.05, 0) is 43.2 Å². The minimum atomic E-state index is -0.257. The average Bonchev–Trinajstić information content (AvgIpc) is 2.54. The van der Waals surface area contributed by atoms with E-state index in [-0.39, 0.29) is 11.7 Å². The molecule has 22 heavy (non-hydrogen) atoms. The van der Waals surface area contributed by atoms with Crippen molar-refractivity contribution in [2.24, 2.45) is 0 Å². The summed E-state index contributed by atoms with van der Waals surface area (Å²) in [5, 5.41) is 2.81. The van der Waals surface area contributed by atoms with Crippen molar-refractivity contribution in [2.75, 3.05) is 12.4 Å². The standard InChI is InChI=1S/C18H19NO3/c1-4-13-8-9-17(22-3)16(10-13)18(21)19-15-7-5-6-14(11-15)12(2)20/h5-11H,4H2,1-3H3,(H,19,21). The Morgan fingerprint density at radius 1 is 1.14 bits per heavy atom. The zero-order valence-corrected chi connectivity index (χ0v) is 13.0. The second-order valence-electron chi connectivity index (χ2n) is 4.98.